The Labute approximate surface area is 154 Å². The summed E-state index contributed by atoms with van der Waals surface area (Å²) in [6.45, 7) is 2.15. The number of hydrogen-bond acceptors (Lipinski definition) is 5. The minimum Gasteiger partial charge on any atom is -0.491 e. The number of fused-ring (bicyclic) bond motifs is 2. The smallest absolute Gasteiger partial charge is 0.256 e. The number of rotatable bonds is 0. The monoisotopic (exact) mass is 375 g/mol. The van der Waals surface area contributed by atoms with E-state index in [1.165, 1.54) is 29.8 Å². The zero-order valence-electron chi connectivity index (χ0n) is 14.7. The Balaban J connectivity index is 0.000000659. The first kappa shape index (κ1) is 18.6. The minimum atomic E-state index is -0.335. The maximum atomic E-state index is 13.5. The maximum Gasteiger partial charge on any atom is 0.256 e. The van der Waals surface area contributed by atoms with Gasteiger partial charge in [0.2, 0.25) is 0 Å². The quantitative estimate of drug-likeness (QED) is 0.631. The van der Waals surface area contributed by atoms with Gasteiger partial charge >= 0.3 is 0 Å². The second-order valence-corrected chi connectivity index (χ2v) is 5.62. The number of anilines is 1. The molecule has 2 N–H and O–H groups in total. The van der Waals surface area contributed by atoms with Gasteiger partial charge in [0, 0.05) is 18.3 Å². The third-order valence-electron chi connectivity index (χ3n) is 3.74. The third kappa shape index (κ3) is 4.30. The van der Waals surface area contributed by atoms with Gasteiger partial charge in [-0.05, 0) is 31.2 Å². The van der Waals surface area contributed by atoms with E-state index in [0.717, 1.165) is 0 Å². The van der Waals surface area contributed by atoms with E-state index in [4.69, 9.17) is 4.74 Å². The fourth-order valence-corrected chi connectivity index (χ4v) is 2.56. The number of benzene rings is 1. The van der Waals surface area contributed by atoms with Crippen molar-refractivity contribution in [1.82, 2.24) is 19.9 Å². The molecule has 3 heterocycles. The van der Waals surface area contributed by atoms with Gasteiger partial charge in [-0.3, -0.25) is 9.18 Å². The number of halogens is 2. The summed E-state index contributed by atoms with van der Waals surface area (Å²) in [5.41, 5.74) is 1.52. The van der Waals surface area contributed by atoms with E-state index < -0.39 is 0 Å². The van der Waals surface area contributed by atoms with Gasteiger partial charge in [-0.2, -0.15) is 5.10 Å². The number of ether oxygens (including phenoxy) is 1. The van der Waals surface area contributed by atoms with Crippen LogP contribution in [0.5, 0.6) is 5.75 Å². The standard InChI is InChI=1S/C16H14FN5O2.C2H5F/c17-11-1-2-13-10(7-11)8-19-14-3-5-22-15(21-14)12(9-20-22)16(23)18-4-6-24-13;1-2-3/h1-3,5,7,9H,4,6,8H2,(H,18,23)(H,19,21);2H2,1H3. The fourth-order valence-electron chi connectivity index (χ4n) is 2.56. The molecule has 0 saturated carbocycles. The van der Waals surface area contributed by atoms with Crippen molar-refractivity contribution >= 4 is 17.4 Å². The Morgan fingerprint density at radius 3 is 2.93 bits per heavy atom. The van der Waals surface area contributed by atoms with Gasteiger partial charge < -0.3 is 15.4 Å². The van der Waals surface area contributed by atoms with Crippen LogP contribution in [0, 0.1) is 5.82 Å². The maximum absolute atomic E-state index is 13.5. The molecular formula is C18H19F2N5O2. The predicted molar refractivity (Wildman–Crippen MR) is 96.2 cm³/mol. The lowest BCUT2D eigenvalue weighted by molar-refractivity contribution is 0.0948. The second-order valence-electron chi connectivity index (χ2n) is 5.62. The van der Waals surface area contributed by atoms with Gasteiger partial charge in [-0.15, -0.1) is 0 Å². The Hall–Kier alpha value is -3.23. The van der Waals surface area contributed by atoms with Crippen molar-refractivity contribution in [2.45, 2.75) is 13.5 Å². The van der Waals surface area contributed by atoms with Crippen LogP contribution < -0.4 is 15.4 Å². The van der Waals surface area contributed by atoms with Crippen molar-refractivity contribution in [2.24, 2.45) is 0 Å². The molecule has 2 aromatic heterocycles. The lowest BCUT2D eigenvalue weighted by atomic mass is 10.2. The van der Waals surface area contributed by atoms with Gasteiger partial charge in [0.1, 0.15) is 29.6 Å². The van der Waals surface area contributed by atoms with Crippen LogP contribution in [0.15, 0.2) is 36.7 Å². The van der Waals surface area contributed by atoms with Gasteiger partial charge in [0.25, 0.3) is 5.91 Å². The van der Waals surface area contributed by atoms with Gasteiger partial charge in [0.15, 0.2) is 5.65 Å². The zero-order chi connectivity index (χ0) is 19.2. The van der Waals surface area contributed by atoms with Crippen molar-refractivity contribution in [3.8, 4) is 5.75 Å². The Bertz CT molecular complexity index is 945. The number of nitrogens with zero attached hydrogens (tertiary/aromatic N) is 3. The highest BCUT2D eigenvalue weighted by atomic mass is 19.1. The number of carbonyl (C=O) groups excluding carboxylic acids is 1. The van der Waals surface area contributed by atoms with E-state index in [0.29, 0.717) is 41.4 Å². The van der Waals surface area contributed by atoms with E-state index in [1.54, 1.807) is 18.3 Å². The molecule has 1 aliphatic rings. The first-order chi connectivity index (χ1) is 13.1. The normalized spacial score (nSPS) is 13.7. The highest BCUT2D eigenvalue weighted by molar-refractivity contribution is 5.99. The number of hydrogen-bond donors (Lipinski definition) is 2. The van der Waals surface area contributed by atoms with E-state index in [9.17, 15) is 13.6 Å². The van der Waals surface area contributed by atoms with Crippen molar-refractivity contribution < 1.29 is 18.3 Å². The average molecular weight is 375 g/mol. The number of carbonyl (C=O) groups is 1. The molecule has 4 rings (SSSR count). The van der Waals surface area contributed by atoms with Crippen LogP contribution in [0.25, 0.3) is 5.65 Å². The second kappa shape index (κ2) is 8.43. The number of aromatic nitrogens is 3. The topological polar surface area (TPSA) is 80.5 Å². The zero-order valence-corrected chi connectivity index (χ0v) is 14.7. The van der Waals surface area contributed by atoms with E-state index >= 15 is 0 Å². The van der Waals surface area contributed by atoms with Crippen LogP contribution in [0.1, 0.15) is 22.8 Å². The highest BCUT2D eigenvalue weighted by Gasteiger charge is 2.15. The van der Waals surface area contributed by atoms with Gasteiger partial charge in [-0.1, -0.05) is 0 Å². The first-order valence-corrected chi connectivity index (χ1v) is 8.46. The SMILES string of the molecule is CCF.O=C1NCCOc2ccc(F)cc2CNc2ccn3ncc1c3n2. The Morgan fingerprint density at radius 2 is 2.11 bits per heavy atom. The summed E-state index contributed by atoms with van der Waals surface area (Å²) in [6.07, 6.45) is 3.19. The van der Waals surface area contributed by atoms with E-state index in [-0.39, 0.29) is 25.0 Å². The molecule has 1 aliphatic heterocycles. The molecule has 0 radical (unpaired) electrons. The molecule has 1 amide bonds. The summed E-state index contributed by atoms with van der Waals surface area (Å²) in [6, 6.07) is 6.08. The summed E-state index contributed by atoms with van der Waals surface area (Å²) in [5, 5.41) is 10.0. The average Bonchev–Trinajstić information content (AvgIpc) is 3.08. The molecule has 3 aromatic rings. The Morgan fingerprint density at radius 1 is 1.30 bits per heavy atom. The summed E-state index contributed by atoms with van der Waals surface area (Å²) in [7, 11) is 0. The molecule has 142 valence electrons. The molecule has 0 unspecified atom stereocenters. The fraction of sp³-hybridized carbons (Fsp3) is 0.278. The number of nitrogens with one attached hydrogen (secondary N) is 2. The number of amides is 1. The van der Waals surface area contributed by atoms with E-state index in [1.807, 2.05) is 0 Å². The third-order valence-corrected chi connectivity index (χ3v) is 3.74. The molecule has 0 fully saturated rings. The van der Waals surface area contributed by atoms with Crippen molar-refractivity contribution in [3.63, 3.8) is 0 Å². The summed E-state index contributed by atoms with van der Waals surface area (Å²) >= 11 is 0. The van der Waals surface area contributed by atoms with Crippen molar-refractivity contribution in [2.75, 3.05) is 25.1 Å². The van der Waals surface area contributed by atoms with Crippen molar-refractivity contribution in [1.29, 1.82) is 0 Å². The molecule has 0 aliphatic carbocycles. The van der Waals surface area contributed by atoms with Gasteiger partial charge in [0.05, 0.1) is 19.4 Å². The largest absolute Gasteiger partial charge is 0.491 e. The lowest BCUT2D eigenvalue weighted by Gasteiger charge is -2.12. The predicted octanol–water partition coefficient (Wildman–Crippen LogP) is 2.58. The Kier molecular flexibility index (Phi) is 5.80. The molecule has 1 aromatic carbocycles. The van der Waals surface area contributed by atoms with Crippen LogP contribution in [-0.2, 0) is 6.54 Å². The molecule has 0 spiro atoms. The molecule has 7 nitrogen and oxygen atoms in total. The van der Waals surface area contributed by atoms with Crippen LogP contribution in [0.2, 0.25) is 0 Å². The molecule has 2 bridgehead atoms. The number of alkyl halides is 1. The lowest BCUT2D eigenvalue weighted by Crippen LogP contribution is -2.28. The van der Waals surface area contributed by atoms with Crippen LogP contribution in [-0.4, -0.2) is 40.3 Å². The molecule has 9 heteroatoms. The molecule has 27 heavy (non-hydrogen) atoms. The first-order valence-electron chi connectivity index (χ1n) is 8.46. The summed E-state index contributed by atoms with van der Waals surface area (Å²) in [5.74, 6) is 0.531. The molecular weight excluding hydrogens is 356 g/mol. The summed E-state index contributed by atoms with van der Waals surface area (Å²) in [4.78, 5) is 16.7. The van der Waals surface area contributed by atoms with Crippen molar-refractivity contribution in [3.05, 3.63) is 53.6 Å². The van der Waals surface area contributed by atoms with Crippen LogP contribution >= 0.6 is 0 Å². The minimum absolute atomic E-state index is 0.250. The van der Waals surface area contributed by atoms with E-state index in [2.05, 4.69) is 20.7 Å². The molecule has 0 saturated heterocycles. The molecule has 0 atom stereocenters. The van der Waals surface area contributed by atoms with Crippen LogP contribution in [0.3, 0.4) is 0 Å². The van der Waals surface area contributed by atoms with Crippen LogP contribution in [0.4, 0.5) is 14.6 Å². The highest BCUT2D eigenvalue weighted by Crippen LogP contribution is 2.21. The van der Waals surface area contributed by atoms with Gasteiger partial charge in [-0.25, -0.2) is 13.9 Å². The summed E-state index contributed by atoms with van der Waals surface area (Å²) < 4.78 is 31.0.